The van der Waals surface area contributed by atoms with E-state index in [0.717, 1.165) is 22.5 Å². The van der Waals surface area contributed by atoms with Crippen LogP contribution in [0.1, 0.15) is 28.1 Å². The lowest BCUT2D eigenvalue weighted by atomic mass is 10.1. The Morgan fingerprint density at radius 3 is 2.96 bits per heavy atom. The standard InChI is InChI=1S/C17H17N3O2S/c1-2-15-19-12(10-23-15)7-8-18-17(22)14-9-11-5-3-4-6-13(11)16(21)20-14/h3-6,9-10H,2,7-8H2,1H3,(H,18,22)(H,20,21). The molecular weight excluding hydrogens is 310 g/mol. The second-order valence-electron chi connectivity index (χ2n) is 5.19. The number of H-pyrrole nitrogens is 1. The molecular formula is C17H17N3O2S. The Hall–Kier alpha value is -2.47. The fourth-order valence-electron chi connectivity index (χ4n) is 2.36. The second kappa shape index (κ2) is 6.75. The van der Waals surface area contributed by atoms with E-state index in [-0.39, 0.29) is 17.2 Å². The van der Waals surface area contributed by atoms with Gasteiger partial charge in [-0.1, -0.05) is 25.1 Å². The zero-order valence-electron chi connectivity index (χ0n) is 12.8. The zero-order valence-corrected chi connectivity index (χ0v) is 13.6. The molecule has 2 heterocycles. The van der Waals surface area contributed by atoms with Gasteiger partial charge in [0.2, 0.25) is 0 Å². The van der Waals surface area contributed by atoms with Crippen LogP contribution in [0.5, 0.6) is 0 Å². The zero-order chi connectivity index (χ0) is 16.2. The van der Waals surface area contributed by atoms with Gasteiger partial charge >= 0.3 is 0 Å². The van der Waals surface area contributed by atoms with Crippen molar-refractivity contribution >= 4 is 28.0 Å². The van der Waals surface area contributed by atoms with Crippen molar-refractivity contribution in [3.05, 3.63) is 62.5 Å². The summed E-state index contributed by atoms with van der Waals surface area (Å²) >= 11 is 1.64. The van der Waals surface area contributed by atoms with Gasteiger partial charge in [0.25, 0.3) is 11.5 Å². The van der Waals surface area contributed by atoms with Gasteiger partial charge in [-0.2, -0.15) is 0 Å². The topological polar surface area (TPSA) is 74.8 Å². The van der Waals surface area contributed by atoms with E-state index >= 15 is 0 Å². The van der Waals surface area contributed by atoms with Gasteiger partial charge in [-0.25, -0.2) is 4.98 Å². The fraction of sp³-hybridized carbons (Fsp3) is 0.235. The molecule has 3 aromatic rings. The van der Waals surface area contributed by atoms with Crippen LogP contribution < -0.4 is 10.9 Å². The summed E-state index contributed by atoms with van der Waals surface area (Å²) < 4.78 is 0. The second-order valence-corrected chi connectivity index (χ2v) is 6.13. The third-order valence-corrected chi connectivity index (χ3v) is 4.61. The summed E-state index contributed by atoms with van der Waals surface area (Å²) in [5, 5.41) is 7.28. The summed E-state index contributed by atoms with van der Waals surface area (Å²) in [5.41, 5.74) is 1.01. The Labute approximate surface area is 137 Å². The van der Waals surface area contributed by atoms with Crippen molar-refractivity contribution in [2.45, 2.75) is 19.8 Å². The van der Waals surface area contributed by atoms with Crippen LogP contribution in [0, 0.1) is 0 Å². The quantitative estimate of drug-likeness (QED) is 0.756. The maximum absolute atomic E-state index is 12.2. The number of aryl methyl sites for hydroxylation is 1. The Balaban J connectivity index is 1.67. The molecule has 23 heavy (non-hydrogen) atoms. The van der Waals surface area contributed by atoms with Crippen LogP contribution in [0.25, 0.3) is 10.8 Å². The van der Waals surface area contributed by atoms with E-state index in [1.165, 1.54) is 0 Å². The predicted octanol–water partition coefficient (Wildman–Crippen LogP) is 2.52. The molecule has 0 aliphatic heterocycles. The summed E-state index contributed by atoms with van der Waals surface area (Å²) in [4.78, 5) is 31.3. The molecule has 0 saturated carbocycles. The number of carbonyl (C=O) groups excluding carboxylic acids is 1. The summed E-state index contributed by atoms with van der Waals surface area (Å²) in [7, 11) is 0. The molecule has 3 rings (SSSR count). The van der Waals surface area contributed by atoms with Crippen LogP contribution in [-0.2, 0) is 12.8 Å². The molecule has 2 N–H and O–H groups in total. The third kappa shape index (κ3) is 3.48. The minimum Gasteiger partial charge on any atom is -0.350 e. The summed E-state index contributed by atoms with van der Waals surface area (Å²) in [5.74, 6) is -0.279. The minimum absolute atomic E-state index is 0.250. The lowest BCUT2D eigenvalue weighted by Crippen LogP contribution is -2.28. The van der Waals surface area contributed by atoms with E-state index in [2.05, 4.69) is 22.2 Å². The van der Waals surface area contributed by atoms with Crippen LogP contribution >= 0.6 is 11.3 Å². The third-order valence-electron chi connectivity index (χ3n) is 3.57. The molecule has 0 aliphatic rings. The molecule has 0 aliphatic carbocycles. The maximum atomic E-state index is 12.2. The SMILES string of the molecule is CCc1nc(CCNC(=O)c2cc3ccccc3c(=O)[nH]2)cs1. The molecule has 6 heteroatoms. The first-order valence-electron chi connectivity index (χ1n) is 7.51. The molecule has 0 saturated heterocycles. The van der Waals surface area contributed by atoms with E-state index in [1.54, 1.807) is 29.5 Å². The van der Waals surface area contributed by atoms with Gasteiger partial charge in [0.15, 0.2) is 0 Å². The van der Waals surface area contributed by atoms with E-state index in [1.807, 2.05) is 17.5 Å². The molecule has 1 aromatic carbocycles. The average Bonchev–Trinajstić information content (AvgIpc) is 3.02. The highest BCUT2D eigenvalue weighted by molar-refractivity contribution is 7.09. The Bertz CT molecular complexity index is 898. The molecule has 0 spiro atoms. The fourth-order valence-corrected chi connectivity index (χ4v) is 3.14. The minimum atomic E-state index is -0.279. The van der Waals surface area contributed by atoms with Crippen molar-refractivity contribution in [3.8, 4) is 0 Å². The number of hydrogen-bond acceptors (Lipinski definition) is 4. The normalized spacial score (nSPS) is 10.8. The van der Waals surface area contributed by atoms with Gasteiger partial charge in [-0.3, -0.25) is 9.59 Å². The number of carbonyl (C=O) groups is 1. The molecule has 0 atom stereocenters. The lowest BCUT2D eigenvalue weighted by Gasteiger charge is -2.05. The Morgan fingerprint density at radius 1 is 1.35 bits per heavy atom. The van der Waals surface area contributed by atoms with Gasteiger partial charge in [0.1, 0.15) is 5.69 Å². The number of benzene rings is 1. The smallest absolute Gasteiger partial charge is 0.267 e. The molecule has 0 radical (unpaired) electrons. The summed E-state index contributed by atoms with van der Waals surface area (Å²) in [6, 6.07) is 8.91. The first kappa shape index (κ1) is 15.4. The number of fused-ring (bicyclic) bond motifs is 1. The number of amides is 1. The summed E-state index contributed by atoms with van der Waals surface area (Å²) in [6.45, 7) is 2.56. The lowest BCUT2D eigenvalue weighted by molar-refractivity contribution is 0.0949. The number of aromatic amines is 1. The predicted molar refractivity (Wildman–Crippen MR) is 92.1 cm³/mol. The van der Waals surface area contributed by atoms with Gasteiger partial charge in [-0.15, -0.1) is 11.3 Å². The van der Waals surface area contributed by atoms with E-state index < -0.39 is 0 Å². The van der Waals surface area contributed by atoms with Crippen LogP contribution in [-0.4, -0.2) is 22.4 Å². The van der Waals surface area contributed by atoms with Crippen molar-refractivity contribution < 1.29 is 4.79 Å². The monoisotopic (exact) mass is 327 g/mol. The first-order chi connectivity index (χ1) is 11.2. The highest BCUT2D eigenvalue weighted by atomic mass is 32.1. The average molecular weight is 327 g/mol. The highest BCUT2D eigenvalue weighted by Crippen LogP contribution is 2.11. The van der Waals surface area contributed by atoms with Crippen molar-refractivity contribution in [2.75, 3.05) is 6.54 Å². The number of rotatable bonds is 5. The van der Waals surface area contributed by atoms with E-state index in [0.29, 0.717) is 18.4 Å². The Morgan fingerprint density at radius 2 is 2.17 bits per heavy atom. The van der Waals surface area contributed by atoms with Crippen LogP contribution in [0.4, 0.5) is 0 Å². The van der Waals surface area contributed by atoms with Crippen LogP contribution in [0.3, 0.4) is 0 Å². The number of thiazole rings is 1. The molecule has 1 amide bonds. The van der Waals surface area contributed by atoms with Crippen molar-refractivity contribution in [2.24, 2.45) is 0 Å². The van der Waals surface area contributed by atoms with Crippen LogP contribution in [0.2, 0.25) is 0 Å². The molecule has 118 valence electrons. The number of nitrogens with zero attached hydrogens (tertiary/aromatic N) is 1. The summed E-state index contributed by atoms with van der Waals surface area (Å²) in [6.07, 6.45) is 1.61. The highest BCUT2D eigenvalue weighted by Gasteiger charge is 2.09. The Kier molecular flexibility index (Phi) is 4.52. The first-order valence-corrected chi connectivity index (χ1v) is 8.39. The van der Waals surface area contributed by atoms with Gasteiger partial charge < -0.3 is 10.3 Å². The maximum Gasteiger partial charge on any atom is 0.267 e. The van der Waals surface area contributed by atoms with Gasteiger partial charge in [-0.05, 0) is 23.9 Å². The number of nitrogens with one attached hydrogen (secondary N) is 2. The van der Waals surface area contributed by atoms with Crippen LogP contribution in [0.15, 0.2) is 40.5 Å². The molecule has 2 aromatic heterocycles. The molecule has 5 nitrogen and oxygen atoms in total. The molecule has 0 bridgehead atoms. The molecule has 0 fully saturated rings. The van der Waals surface area contributed by atoms with E-state index in [4.69, 9.17) is 0 Å². The number of aromatic nitrogens is 2. The van der Waals surface area contributed by atoms with Gasteiger partial charge in [0.05, 0.1) is 10.7 Å². The van der Waals surface area contributed by atoms with E-state index in [9.17, 15) is 9.59 Å². The van der Waals surface area contributed by atoms with Crippen molar-refractivity contribution in [1.29, 1.82) is 0 Å². The number of pyridine rings is 1. The molecule has 0 unspecified atom stereocenters. The van der Waals surface area contributed by atoms with Crippen molar-refractivity contribution in [3.63, 3.8) is 0 Å². The number of hydrogen-bond donors (Lipinski definition) is 2. The van der Waals surface area contributed by atoms with Crippen molar-refractivity contribution in [1.82, 2.24) is 15.3 Å². The largest absolute Gasteiger partial charge is 0.350 e. The van der Waals surface area contributed by atoms with Gasteiger partial charge in [0, 0.05) is 23.7 Å².